The van der Waals surface area contributed by atoms with Gasteiger partial charge in [-0.15, -0.1) is 0 Å². The maximum atomic E-state index is 11.6. The van der Waals surface area contributed by atoms with Crippen molar-refractivity contribution in [3.63, 3.8) is 0 Å². The van der Waals surface area contributed by atoms with E-state index in [0.29, 0.717) is 5.69 Å². The molecule has 0 aromatic carbocycles. The summed E-state index contributed by atoms with van der Waals surface area (Å²) in [6.45, 7) is 11.1. The lowest BCUT2D eigenvalue weighted by molar-refractivity contribution is -0.118. The first-order chi connectivity index (χ1) is 8.58. The third kappa shape index (κ3) is 3.70. The number of rotatable bonds is 5. The predicted molar refractivity (Wildman–Crippen MR) is 76.1 cm³/mol. The lowest BCUT2D eigenvalue weighted by Gasteiger charge is -2.09. The van der Waals surface area contributed by atoms with Crippen molar-refractivity contribution in [2.75, 3.05) is 5.32 Å². The zero-order chi connectivity index (χ0) is 13.5. The minimum Gasteiger partial charge on any atom is -0.324 e. The van der Waals surface area contributed by atoms with Crippen molar-refractivity contribution in [3.05, 3.63) is 55.4 Å². The van der Waals surface area contributed by atoms with Crippen LogP contribution in [-0.4, -0.2) is 10.9 Å². The normalized spacial score (nSPS) is 11.2. The van der Waals surface area contributed by atoms with Gasteiger partial charge in [0.1, 0.15) is 0 Å². The summed E-state index contributed by atoms with van der Waals surface area (Å²) in [5.74, 6) is -0.0851. The molecule has 94 valence electrons. The van der Waals surface area contributed by atoms with E-state index >= 15 is 0 Å². The molecule has 18 heavy (non-hydrogen) atoms. The average molecular weight is 242 g/mol. The van der Waals surface area contributed by atoms with Crippen LogP contribution in [0.25, 0.3) is 5.57 Å². The maximum Gasteiger partial charge on any atom is 0.226 e. The number of hydrogen-bond donors (Lipinski definition) is 1. The molecule has 1 aromatic rings. The van der Waals surface area contributed by atoms with Crippen molar-refractivity contribution in [2.24, 2.45) is 5.92 Å². The fourth-order valence-corrected chi connectivity index (χ4v) is 1.36. The molecule has 0 fully saturated rings. The summed E-state index contributed by atoms with van der Waals surface area (Å²) >= 11 is 0. The molecule has 0 radical (unpaired) electrons. The van der Waals surface area contributed by atoms with Gasteiger partial charge in [-0.25, -0.2) is 0 Å². The number of hydrogen-bond acceptors (Lipinski definition) is 2. The highest BCUT2D eigenvalue weighted by atomic mass is 16.1. The largest absolute Gasteiger partial charge is 0.324 e. The van der Waals surface area contributed by atoms with E-state index in [-0.39, 0.29) is 11.8 Å². The second kappa shape index (κ2) is 6.55. The van der Waals surface area contributed by atoms with E-state index in [1.165, 1.54) is 0 Å². The Kier molecular flexibility index (Phi) is 5.06. The van der Waals surface area contributed by atoms with E-state index in [4.69, 9.17) is 0 Å². The first-order valence-electron chi connectivity index (χ1n) is 5.80. The molecule has 3 heteroatoms. The van der Waals surface area contributed by atoms with Gasteiger partial charge in [0.15, 0.2) is 0 Å². The second-order valence-corrected chi connectivity index (χ2v) is 4.17. The molecule has 0 atom stereocenters. The summed E-state index contributed by atoms with van der Waals surface area (Å²) in [4.78, 5) is 15.7. The molecule has 1 heterocycles. The van der Waals surface area contributed by atoms with Crippen LogP contribution < -0.4 is 5.32 Å². The van der Waals surface area contributed by atoms with Gasteiger partial charge in [-0.3, -0.25) is 9.78 Å². The van der Waals surface area contributed by atoms with Crippen molar-refractivity contribution < 1.29 is 4.79 Å². The smallest absolute Gasteiger partial charge is 0.226 e. The minimum atomic E-state index is -0.0590. The molecular weight excluding hydrogens is 224 g/mol. The summed E-state index contributed by atoms with van der Waals surface area (Å²) < 4.78 is 0. The zero-order valence-electron chi connectivity index (χ0n) is 10.8. The first kappa shape index (κ1) is 13.9. The molecular formula is C15H18N2O. The van der Waals surface area contributed by atoms with Crippen molar-refractivity contribution in [2.45, 2.75) is 13.8 Å². The van der Waals surface area contributed by atoms with Crippen LogP contribution in [0, 0.1) is 5.92 Å². The van der Waals surface area contributed by atoms with Gasteiger partial charge >= 0.3 is 0 Å². The molecule has 1 rings (SSSR count). The maximum absolute atomic E-state index is 11.6. The highest BCUT2D eigenvalue weighted by Gasteiger charge is 2.08. The van der Waals surface area contributed by atoms with Gasteiger partial charge in [0.05, 0.1) is 11.9 Å². The van der Waals surface area contributed by atoms with Crippen LogP contribution >= 0.6 is 0 Å². The molecule has 0 saturated carbocycles. The second-order valence-electron chi connectivity index (χ2n) is 4.17. The number of nitrogens with zero attached hydrogens (tertiary/aromatic N) is 1. The monoisotopic (exact) mass is 242 g/mol. The molecule has 0 saturated heterocycles. The van der Waals surface area contributed by atoms with Crippen molar-refractivity contribution >= 4 is 17.2 Å². The molecule has 0 aliphatic heterocycles. The average Bonchev–Trinajstić information content (AvgIpc) is 2.36. The summed E-state index contributed by atoms with van der Waals surface area (Å²) in [5, 5.41) is 2.81. The Hall–Kier alpha value is -2.16. The lowest BCUT2D eigenvalue weighted by atomic mass is 10.1. The van der Waals surface area contributed by atoms with E-state index in [0.717, 1.165) is 11.1 Å². The molecule has 0 unspecified atom stereocenters. The molecule has 0 aliphatic carbocycles. The number of pyridine rings is 1. The third-order valence-corrected chi connectivity index (χ3v) is 2.38. The van der Waals surface area contributed by atoms with E-state index in [1.54, 1.807) is 24.5 Å². The van der Waals surface area contributed by atoms with Gasteiger partial charge in [0.25, 0.3) is 0 Å². The van der Waals surface area contributed by atoms with E-state index in [9.17, 15) is 4.79 Å². The van der Waals surface area contributed by atoms with Crippen molar-refractivity contribution in [3.8, 4) is 0 Å². The van der Waals surface area contributed by atoms with Crippen LogP contribution in [0.3, 0.4) is 0 Å². The van der Waals surface area contributed by atoms with Crippen LogP contribution in [0.1, 0.15) is 19.4 Å². The summed E-state index contributed by atoms with van der Waals surface area (Å²) in [5.41, 5.74) is 2.49. The summed E-state index contributed by atoms with van der Waals surface area (Å²) in [6.07, 6.45) is 8.61. The molecule has 3 nitrogen and oxygen atoms in total. The standard InChI is InChI=1S/C15H18N2O/c1-5-7-12(6-2)13-8-14(10-16-9-13)17-15(18)11(3)4/h5-11H,1-2H2,3-4H3,(H,17,18). The molecule has 0 spiro atoms. The van der Waals surface area contributed by atoms with E-state index < -0.39 is 0 Å². The van der Waals surface area contributed by atoms with Crippen molar-refractivity contribution in [1.29, 1.82) is 0 Å². The Morgan fingerprint density at radius 1 is 1.39 bits per heavy atom. The summed E-state index contributed by atoms with van der Waals surface area (Å²) in [6, 6.07) is 1.87. The van der Waals surface area contributed by atoms with Crippen molar-refractivity contribution in [1.82, 2.24) is 4.98 Å². The fraction of sp³-hybridized carbons (Fsp3) is 0.200. The number of carbonyl (C=O) groups excluding carboxylic acids is 1. The Labute approximate surface area is 108 Å². The van der Waals surface area contributed by atoms with Crippen LogP contribution in [0.4, 0.5) is 5.69 Å². The Morgan fingerprint density at radius 2 is 2.11 bits per heavy atom. The van der Waals surface area contributed by atoms with Crippen LogP contribution in [0.5, 0.6) is 0 Å². The molecule has 1 amide bonds. The van der Waals surface area contributed by atoms with Crippen LogP contribution in [-0.2, 0) is 4.79 Å². The number of amides is 1. The predicted octanol–water partition coefficient (Wildman–Crippen LogP) is 3.43. The molecule has 0 aliphatic rings. The highest BCUT2D eigenvalue weighted by molar-refractivity contribution is 5.92. The van der Waals surface area contributed by atoms with Crippen LogP contribution in [0.2, 0.25) is 0 Å². The Morgan fingerprint density at radius 3 is 2.67 bits per heavy atom. The number of nitrogens with one attached hydrogen (secondary N) is 1. The van der Waals surface area contributed by atoms with Gasteiger partial charge in [-0.05, 0) is 11.6 Å². The van der Waals surface area contributed by atoms with E-state index in [2.05, 4.69) is 23.5 Å². The lowest BCUT2D eigenvalue weighted by Crippen LogP contribution is -2.17. The number of aromatic nitrogens is 1. The number of anilines is 1. The van der Waals surface area contributed by atoms with Gasteiger partial charge in [0, 0.05) is 17.7 Å². The Balaban J connectivity index is 2.98. The highest BCUT2D eigenvalue weighted by Crippen LogP contribution is 2.18. The molecule has 1 N–H and O–H groups in total. The zero-order valence-corrected chi connectivity index (χ0v) is 10.8. The van der Waals surface area contributed by atoms with Gasteiger partial charge < -0.3 is 5.32 Å². The number of carbonyl (C=O) groups is 1. The third-order valence-electron chi connectivity index (χ3n) is 2.38. The van der Waals surface area contributed by atoms with Gasteiger partial charge in [0.2, 0.25) is 5.91 Å². The Bertz CT molecular complexity index is 487. The first-order valence-corrected chi connectivity index (χ1v) is 5.80. The SMILES string of the molecule is C=CC=C(C=C)c1cncc(NC(=O)C(C)C)c1. The quantitative estimate of drug-likeness (QED) is 0.804. The van der Waals surface area contributed by atoms with E-state index in [1.807, 2.05) is 26.0 Å². The molecule has 1 aromatic heterocycles. The van der Waals surface area contributed by atoms with Crippen LogP contribution in [0.15, 0.2) is 49.8 Å². The number of allylic oxidation sites excluding steroid dienone is 4. The topological polar surface area (TPSA) is 42.0 Å². The van der Waals surface area contributed by atoms with Gasteiger partial charge in [-0.2, -0.15) is 0 Å². The van der Waals surface area contributed by atoms with Gasteiger partial charge in [-0.1, -0.05) is 45.2 Å². The fourth-order valence-electron chi connectivity index (χ4n) is 1.36. The molecule has 0 bridgehead atoms. The summed E-state index contributed by atoms with van der Waals surface area (Å²) in [7, 11) is 0. The minimum absolute atomic E-state index is 0.0261.